The molecule has 0 aromatic carbocycles. The van der Waals surface area contributed by atoms with Gasteiger partial charge in [0.05, 0.1) is 12.2 Å². The van der Waals surface area contributed by atoms with Gasteiger partial charge < -0.3 is 5.73 Å². The predicted molar refractivity (Wildman–Crippen MR) is 68.5 cm³/mol. The number of aromatic nitrogens is 1. The van der Waals surface area contributed by atoms with Gasteiger partial charge in [0.1, 0.15) is 5.01 Å². The number of hydrogen-bond donors (Lipinski definition) is 1. The van der Waals surface area contributed by atoms with E-state index in [1.807, 2.05) is 0 Å². The first-order valence-electron chi connectivity index (χ1n) is 6.17. The Morgan fingerprint density at radius 3 is 2.50 bits per heavy atom. The highest BCUT2D eigenvalue weighted by molar-refractivity contribution is 7.11. The number of hydrogen-bond acceptors (Lipinski definition) is 4. The van der Waals surface area contributed by atoms with Crippen LogP contribution in [0.15, 0.2) is 0 Å². The Morgan fingerprint density at radius 1 is 1.25 bits per heavy atom. The van der Waals surface area contributed by atoms with E-state index in [1.165, 1.54) is 48.7 Å². The second kappa shape index (κ2) is 5.75. The third-order valence-electron chi connectivity index (χ3n) is 3.18. The molecule has 0 bridgehead atoms. The van der Waals surface area contributed by atoms with Crippen molar-refractivity contribution in [2.75, 3.05) is 13.1 Å². The Morgan fingerprint density at radius 2 is 1.94 bits per heavy atom. The average Bonchev–Trinajstić information content (AvgIpc) is 2.50. The summed E-state index contributed by atoms with van der Waals surface area (Å²) in [6.45, 7) is 6.17. The van der Waals surface area contributed by atoms with E-state index < -0.39 is 0 Å². The molecule has 0 atom stereocenters. The smallest absolute Gasteiger partial charge is 0.107 e. The fourth-order valence-electron chi connectivity index (χ4n) is 2.23. The van der Waals surface area contributed by atoms with Gasteiger partial charge in [0, 0.05) is 11.4 Å². The van der Waals surface area contributed by atoms with Gasteiger partial charge in [-0.25, -0.2) is 4.98 Å². The number of likely N-dealkylation sites (tertiary alicyclic amines) is 1. The monoisotopic (exact) mass is 239 g/mol. The predicted octanol–water partition coefficient (Wildman–Crippen LogP) is 2.29. The molecule has 2 heterocycles. The lowest BCUT2D eigenvalue weighted by Crippen LogP contribution is -2.23. The van der Waals surface area contributed by atoms with E-state index in [1.54, 1.807) is 11.3 Å². The van der Waals surface area contributed by atoms with Crippen LogP contribution in [0.5, 0.6) is 0 Å². The van der Waals surface area contributed by atoms with Crippen molar-refractivity contribution in [3.8, 4) is 0 Å². The van der Waals surface area contributed by atoms with Crippen LogP contribution in [-0.4, -0.2) is 23.0 Å². The number of aryl methyl sites for hydroxylation is 1. The highest BCUT2D eigenvalue weighted by Gasteiger charge is 2.12. The van der Waals surface area contributed by atoms with Gasteiger partial charge >= 0.3 is 0 Å². The maximum absolute atomic E-state index is 5.68. The van der Waals surface area contributed by atoms with Gasteiger partial charge in [0.25, 0.3) is 0 Å². The fourth-order valence-corrected chi connectivity index (χ4v) is 3.22. The zero-order chi connectivity index (χ0) is 11.4. The summed E-state index contributed by atoms with van der Waals surface area (Å²) in [6.07, 6.45) is 5.46. The van der Waals surface area contributed by atoms with Crippen LogP contribution < -0.4 is 5.73 Å². The molecule has 0 radical (unpaired) electrons. The summed E-state index contributed by atoms with van der Waals surface area (Å²) in [4.78, 5) is 8.38. The lowest BCUT2D eigenvalue weighted by molar-refractivity contribution is 0.276. The molecule has 0 aliphatic carbocycles. The highest BCUT2D eigenvalue weighted by atomic mass is 32.1. The molecule has 1 aliphatic heterocycles. The molecule has 4 heteroatoms. The van der Waals surface area contributed by atoms with Crippen molar-refractivity contribution in [3.63, 3.8) is 0 Å². The molecule has 1 saturated heterocycles. The Bertz CT molecular complexity index is 327. The summed E-state index contributed by atoms with van der Waals surface area (Å²) in [7, 11) is 0. The number of nitrogens with two attached hydrogens (primary N) is 1. The van der Waals surface area contributed by atoms with Gasteiger partial charge in [0.2, 0.25) is 0 Å². The first kappa shape index (κ1) is 12.0. The largest absolute Gasteiger partial charge is 0.326 e. The quantitative estimate of drug-likeness (QED) is 0.880. The third-order valence-corrected chi connectivity index (χ3v) is 4.34. The Balaban J connectivity index is 1.96. The van der Waals surface area contributed by atoms with E-state index in [2.05, 4.69) is 16.8 Å². The van der Waals surface area contributed by atoms with Crippen LogP contribution in [0.2, 0.25) is 0 Å². The average molecular weight is 239 g/mol. The van der Waals surface area contributed by atoms with E-state index >= 15 is 0 Å². The first-order valence-corrected chi connectivity index (χ1v) is 6.99. The second-order valence-electron chi connectivity index (χ2n) is 4.51. The molecule has 0 unspecified atom stereocenters. The molecular weight excluding hydrogens is 218 g/mol. The molecule has 2 N–H and O–H groups in total. The molecule has 1 fully saturated rings. The van der Waals surface area contributed by atoms with Crippen LogP contribution in [0.25, 0.3) is 0 Å². The molecular formula is C12H21N3S. The first-order chi connectivity index (χ1) is 7.79. The van der Waals surface area contributed by atoms with Crippen molar-refractivity contribution in [1.82, 2.24) is 9.88 Å². The minimum atomic E-state index is 0.628. The molecule has 16 heavy (non-hydrogen) atoms. The van der Waals surface area contributed by atoms with Crippen molar-refractivity contribution in [1.29, 1.82) is 0 Å². The van der Waals surface area contributed by atoms with Crippen LogP contribution in [0, 0.1) is 6.92 Å². The lowest BCUT2D eigenvalue weighted by Gasteiger charge is -2.17. The van der Waals surface area contributed by atoms with E-state index in [9.17, 15) is 0 Å². The molecule has 0 amide bonds. The molecule has 2 rings (SSSR count). The van der Waals surface area contributed by atoms with E-state index in [0.29, 0.717) is 6.54 Å². The molecule has 1 aliphatic rings. The van der Waals surface area contributed by atoms with Gasteiger partial charge in [-0.1, -0.05) is 12.8 Å². The number of nitrogens with zero attached hydrogens (tertiary/aromatic N) is 2. The molecule has 3 nitrogen and oxygen atoms in total. The van der Waals surface area contributed by atoms with Gasteiger partial charge in [-0.15, -0.1) is 11.3 Å². The van der Waals surface area contributed by atoms with Crippen LogP contribution in [0.1, 0.15) is 41.3 Å². The van der Waals surface area contributed by atoms with Gasteiger partial charge in [-0.2, -0.15) is 0 Å². The third kappa shape index (κ3) is 3.03. The maximum atomic E-state index is 5.68. The minimum absolute atomic E-state index is 0.628. The Hall–Kier alpha value is -0.450. The maximum Gasteiger partial charge on any atom is 0.107 e. The molecule has 1 aromatic heterocycles. The summed E-state index contributed by atoms with van der Waals surface area (Å²) in [5.41, 5.74) is 6.80. The SMILES string of the molecule is Cc1nc(CN2CCCCCC2)sc1CN. The topological polar surface area (TPSA) is 42.2 Å². The van der Waals surface area contributed by atoms with E-state index in [0.717, 1.165) is 12.2 Å². The van der Waals surface area contributed by atoms with Crippen LogP contribution in [0.4, 0.5) is 0 Å². The molecule has 90 valence electrons. The van der Waals surface area contributed by atoms with Crippen LogP contribution in [0.3, 0.4) is 0 Å². The van der Waals surface area contributed by atoms with Crippen molar-refractivity contribution >= 4 is 11.3 Å². The minimum Gasteiger partial charge on any atom is -0.326 e. The number of rotatable bonds is 3. The second-order valence-corrected chi connectivity index (χ2v) is 5.68. The highest BCUT2D eigenvalue weighted by Crippen LogP contribution is 2.20. The zero-order valence-corrected chi connectivity index (χ0v) is 10.9. The molecule has 1 aromatic rings. The van der Waals surface area contributed by atoms with Crippen LogP contribution in [-0.2, 0) is 13.1 Å². The summed E-state index contributed by atoms with van der Waals surface area (Å²) in [5, 5.41) is 1.24. The van der Waals surface area contributed by atoms with E-state index in [-0.39, 0.29) is 0 Å². The number of thiazole rings is 1. The van der Waals surface area contributed by atoms with Crippen molar-refractivity contribution in [2.24, 2.45) is 5.73 Å². The lowest BCUT2D eigenvalue weighted by atomic mass is 10.2. The summed E-state index contributed by atoms with van der Waals surface area (Å²) in [6, 6.07) is 0. The van der Waals surface area contributed by atoms with Crippen molar-refractivity contribution in [2.45, 2.75) is 45.7 Å². The summed E-state index contributed by atoms with van der Waals surface area (Å²) >= 11 is 1.78. The fraction of sp³-hybridized carbons (Fsp3) is 0.750. The van der Waals surface area contributed by atoms with Crippen molar-refractivity contribution < 1.29 is 0 Å². The van der Waals surface area contributed by atoms with Crippen molar-refractivity contribution in [3.05, 3.63) is 15.6 Å². The zero-order valence-electron chi connectivity index (χ0n) is 10.0. The molecule has 0 saturated carbocycles. The summed E-state index contributed by atoms with van der Waals surface area (Å²) in [5.74, 6) is 0. The molecule has 0 spiro atoms. The van der Waals surface area contributed by atoms with Gasteiger partial charge in [0.15, 0.2) is 0 Å². The normalized spacial score (nSPS) is 18.6. The standard InChI is InChI=1S/C12H21N3S/c1-10-11(8-13)16-12(14-10)9-15-6-4-2-3-5-7-15/h2-9,13H2,1H3. The summed E-state index contributed by atoms with van der Waals surface area (Å²) < 4.78 is 0. The van der Waals surface area contributed by atoms with E-state index in [4.69, 9.17) is 5.73 Å². The van der Waals surface area contributed by atoms with Gasteiger partial charge in [-0.05, 0) is 32.9 Å². The van der Waals surface area contributed by atoms with Crippen LogP contribution >= 0.6 is 11.3 Å². The Labute approximate surface area is 102 Å². The Kier molecular flexibility index (Phi) is 4.32. The van der Waals surface area contributed by atoms with Gasteiger partial charge in [-0.3, -0.25) is 4.90 Å².